The van der Waals surface area contributed by atoms with Crippen LogP contribution in [0.3, 0.4) is 0 Å². The van der Waals surface area contributed by atoms with Crippen molar-refractivity contribution < 1.29 is 9.53 Å². The van der Waals surface area contributed by atoms with Crippen LogP contribution in [-0.2, 0) is 9.53 Å². The molecule has 4 heteroatoms. The SMILES string of the molecule is CC(C)(C)OC(=O)CCC1N=C(C2CC2)C=C1N. The van der Waals surface area contributed by atoms with Gasteiger partial charge in [-0.05, 0) is 46.1 Å². The molecule has 0 bridgehead atoms. The van der Waals surface area contributed by atoms with Crippen molar-refractivity contribution in [3.05, 3.63) is 11.8 Å². The highest BCUT2D eigenvalue weighted by molar-refractivity contribution is 6.01. The van der Waals surface area contributed by atoms with E-state index in [-0.39, 0.29) is 12.0 Å². The Balaban J connectivity index is 1.80. The summed E-state index contributed by atoms with van der Waals surface area (Å²) in [4.78, 5) is 16.2. The smallest absolute Gasteiger partial charge is 0.306 e. The number of esters is 1. The molecule has 0 spiro atoms. The molecule has 2 aliphatic rings. The normalized spacial score (nSPS) is 23.6. The number of nitrogens with two attached hydrogens (primary N) is 1. The Morgan fingerprint density at radius 1 is 1.50 bits per heavy atom. The third-order valence-corrected chi connectivity index (χ3v) is 3.04. The molecule has 1 fully saturated rings. The predicted octanol–water partition coefficient (Wildman–Crippen LogP) is 2.18. The first kappa shape index (κ1) is 13.1. The Morgan fingerprint density at radius 2 is 2.17 bits per heavy atom. The van der Waals surface area contributed by atoms with E-state index < -0.39 is 5.60 Å². The molecule has 4 nitrogen and oxygen atoms in total. The molecular formula is C14H22N2O2. The molecule has 18 heavy (non-hydrogen) atoms. The molecule has 0 aromatic heterocycles. The van der Waals surface area contributed by atoms with Gasteiger partial charge in [-0.2, -0.15) is 0 Å². The van der Waals surface area contributed by atoms with E-state index in [1.807, 2.05) is 26.8 Å². The average Bonchev–Trinajstić information content (AvgIpc) is 2.98. The Kier molecular flexibility index (Phi) is 3.46. The Morgan fingerprint density at radius 3 is 2.72 bits per heavy atom. The van der Waals surface area contributed by atoms with Gasteiger partial charge in [0.15, 0.2) is 0 Å². The summed E-state index contributed by atoms with van der Waals surface area (Å²) in [7, 11) is 0. The van der Waals surface area contributed by atoms with Gasteiger partial charge in [0.05, 0.1) is 6.04 Å². The number of allylic oxidation sites excluding steroid dienone is 1. The van der Waals surface area contributed by atoms with Crippen LogP contribution in [0.5, 0.6) is 0 Å². The molecule has 0 saturated heterocycles. The fourth-order valence-corrected chi connectivity index (χ4v) is 2.04. The van der Waals surface area contributed by atoms with Crippen molar-refractivity contribution in [3.63, 3.8) is 0 Å². The monoisotopic (exact) mass is 250 g/mol. The molecule has 2 N–H and O–H groups in total. The summed E-state index contributed by atoms with van der Waals surface area (Å²) >= 11 is 0. The first-order valence-corrected chi connectivity index (χ1v) is 6.62. The maximum atomic E-state index is 11.6. The van der Waals surface area contributed by atoms with Gasteiger partial charge in [0, 0.05) is 23.7 Å². The second kappa shape index (κ2) is 4.75. The fourth-order valence-electron chi connectivity index (χ4n) is 2.04. The van der Waals surface area contributed by atoms with E-state index in [9.17, 15) is 4.79 Å². The molecular weight excluding hydrogens is 228 g/mol. The van der Waals surface area contributed by atoms with Gasteiger partial charge in [0.2, 0.25) is 0 Å². The van der Waals surface area contributed by atoms with Gasteiger partial charge in [0.25, 0.3) is 0 Å². The van der Waals surface area contributed by atoms with Crippen LogP contribution >= 0.6 is 0 Å². The number of ether oxygens (including phenoxy) is 1. The number of rotatable bonds is 4. The van der Waals surface area contributed by atoms with Crippen molar-refractivity contribution in [2.24, 2.45) is 16.6 Å². The van der Waals surface area contributed by atoms with Crippen molar-refractivity contribution in [1.29, 1.82) is 0 Å². The summed E-state index contributed by atoms with van der Waals surface area (Å²) in [6, 6.07) is -0.0203. The minimum atomic E-state index is -0.420. The van der Waals surface area contributed by atoms with E-state index in [4.69, 9.17) is 10.5 Å². The summed E-state index contributed by atoms with van der Waals surface area (Å²) in [5, 5.41) is 0. The molecule has 0 amide bonds. The predicted molar refractivity (Wildman–Crippen MR) is 71.3 cm³/mol. The molecule has 1 aliphatic heterocycles. The molecule has 0 aromatic carbocycles. The zero-order chi connectivity index (χ0) is 13.3. The number of carbonyl (C=O) groups is 1. The zero-order valence-corrected chi connectivity index (χ0v) is 11.4. The third-order valence-electron chi connectivity index (χ3n) is 3.04. The second-order valence-electron chi connectivity index (χ2n) is 6.11. The average molecular weight is 250 g/mol. The van der Waals surface area contributed by atoms with E-state index >= 15 is 0 Å². The van der Waals surface area contributed by atoms with Crippen LogP contribution in [0.4, 0.5) is 0 Å². The molecule has 2 rings (SSSR count). The molecule has 1 heterocycles. The number of aliphatic imine (C=N–C) groups is 1. The van der Waals surface area contributed by atoms with Gasteiger partial charge in [-0.25, -0.2) is 0 Å². The van der Waals surface area contributed by atoms with Crippen LogP contribution in [0, 0.1) is 5.92 Å². The van der Waals surface area contributed by atoms with Gasteiger partial charge in [-0.15, -0.1) is 0 Å². The molecule has 1 saturated carbocycles. The maximum absolute atomic E-state index is 11.6. The van der Waals surface area contributed by atoms with Crippen molar-refractivity contribution in [3.8, 4) is 0 Å². The Labute approximate surface area is 108 Å². The van der Waals surface area contributed by atoms with Crippen molar-refractivity contribution in [1.82, 2.24) is 0 Å². The summed E-state index contributed by atoms with van der Waals surface area (Å²) < 4.78 is 5.27. The lowest BCUT2D eigenvalue weighted by Gasteiger charge is -2.19. The Hall–Kier alpha value is -1.32. The first-order valence-electron chi connectivity index (χ1n) is 6.62. The lowest BCUT2D eigenvalue weighted by Crippen LogP contribution is -2.24. The van der Waals surface area contributed by atoms with Crippen LogP contribution < -0.4 is 5.73 Å². The van der Waals surface area contributed by atoms with Crippen LogP contribution in [0.1, 0.15) is 46.5 Å². The lowest BCUT2D eigenvalue weighted by atomic mass is 10.1. The van der Waals surface area contributed by atoms with Gasteiger partial charge in [-0.1, -0.05) is 0 Å². The fraction of sp³-hybridized carbons (Fsp3) is 0.714. The Bertz CT molecular complexity index is 401. The van der Waals surface area contributed by atoms with E-state index in [1.165, 1.54) is 12.8 Å². The zero-order valence-electron chi connectivity index (χ0n) is 11.4. The van der Waals surface area contributed by atoms with Crippen molar-refractivity contribution in [2.45, 2.75) is 58.1 Å². The second-order valence-corrected chi connectivity index (χ2v) is 6.11. The van der Waals surface area contributed by atoms with Crippen molar-refractivity contribution in [2.75, 3.05) is 0 Å². The molecule has 0 radical (unpaired) electrons. The largest absolute Gasteiger partial charge is 0.460 e. The van der Waals surface area contributed by atoms with Gasteiger partial charge >= 0.3 is 5.97 Å². The molecule has 0 aromatic rings. The minimum absolute atomic E-state index is 0.0203. The first-order chi connectivity index (χ1) is 8.35. The van der Waals surface area contributed by atoms with E-state index in [0.717, 1.165) is 11.4 Å². The topological polar surface area (TPSA) is 64.7 Å². The van der Waals surface area contributed by atoms with Crippen LogP contribution in [0.15, 0.2) is 16.8 Å². The third kappa shape index (κ3) is 3.59. The highest BCUT2D eigenvalue weighted by Crippen LogP contribution is 2.34. The maximum Gasteiger partial charge on any atom is 0.306 e. The van der Waals surface area contributed by atoms with Crippen molar-refractivity contribution >= 4 is 11.7 Å². The summed E-state index contributed by atoms with van der Waals surface area (Å²) in [6.45, 7) is 5.62. The number of hydrogen-bond acceptors (Lipinski definition) is 4. The number of nitrogens with zero attached hydrogens (tertiary/aromatic N) is 1. The van der Waals surface area contributed by atoms with Crippen LogP contribution in [0.25, 0.3) is 0 Å². The standard InChI is InChI=1S/C14H22N2O2/c1-14(2,3)18-13(17)7-6-11-10(15)8-12(16-11)9-4-5-9/h8-9,11H,4-7,15H2,1-3H3. The lowest BCUT2D eigenvalue weighted by molar-refractivity contribution is -0.154. The van der Waals surface area contributed by atoms with Crippen LogP contribution in [-0.4, -0.2) is 23.3 Å². The molecule has 1 aliphatic carbocycles. The molecule has 100 valence electrons. The van der Waals surface area contributed by atoms with E-state index in [1.54, 1.807) is 0 Å². The minimum Gasteiger partial charge on any atom is -0.460 e. The summed E-state index contributed by atoms with van der Waals surface area (Å²) in [6.07, 6.45) is 5.45. The number of carbonyl (C=O) groups excluding carboxylic acids is 1. The summed E-state index contributed by atoms with van der Waals surface area (Å²) in [5.74, 6) is 0.445. The van der Waals surface area contributed by atoms with Crippen LogP contribution in [0.2, 0.25) is 0 Å². The molecule has 1 atom stereocenters. The van der Waals surface area contributed by atoms with Gasteiger partial charge in [-0.3, -0.25) is 9.79 Å². The quantitative estimate of drug-likeness (QED) is 0.778. The van der Waals surface area contributed by atoms with E-state index in [2.05, 4.69) is 4.99 Å². The van der Waals surface area contributed by atoms with E-state index in [0.29, 0.717) is 18.8 Å². The number of hydrogen-bond donors (Lipinski definition) is 1. The molecule has 1 unspecified atom stereocenters. The highest BCUT2D eigenvalue weighted by Gasteiger charge is 2.31. The van der Waals surface area contributed by atoms with Gasteiger partial charge in [0.1, 0.15) is 5.60 Å². The van der Waals surface area contributed by atoms with Gasteiger partial charge < -0.3 is 10.5 Å². The highest BCUT2D eigenvalue weighted by atomic mass is 16.6. The summed E-state index contributed by atoms with van der Waals surface area (Å²) in [5.41, 5.74) is 7.44.